The van der Waals surface area contributed by atoms with Gasteiger partial charge in [0.05, 0.1) is 0 Å². The van der Waals surface area contributed by atoms with Crippen LogP contribution < -0.4 is 15.0 Å². The largest absolute Gasteiger partial charge is 0.488 e. The van der Waals surface area contributed by atoms with Gasteiger partial charge in [-0.1, -0.05) is 17.7 Å². The van der Waals surface area contributed by atoms with Crippen molar-refractivity contribution in [3.8, 4) is 5.75 Å². The maximum atomic E-state index is 12.3. The lowest BCUT2D eigenvalue weighted by Crippen LogP contribution is -2.33. The molecule has 2 amide bonds. The number of ether oxygens (including phenoxy) is 1. The van der Waals surface area contributed by atoms with Crippen LogP contribution in [0, 0.1) is 0 Å². The zero-order valence-corrected chi connectivity index (χ0v) is 16.8. The first kappa shape index (κ1) is 19.3. The van der Waals surface area contributed by atoms with Gasteiger partial charge in [-0.3, -0.25) is 9.59 Å². The Hall–Kier alpha value is -3.05. The highest BCUT2D eigenvalue weighted by atomic mass is 35.5. The van der Waals surface area contributed by atoms with Crippen molar-refractivity contribution in [1.29, 1.82) is 0 Å². The number of nitrogens with zero attached hydrogens (tertiary/aromatic N) is 1. The fraction of sp³-hybridized carbons (Fsp3) is 0.217. The number of halogens is 1. The molecule has 29 heavy (non-hydrogen) atoms. The van der Waals surface area contributed by atoms with Gasteiger partial charge in [-0.05, 0) is 66.5 Å². The van der Waals surface area contributed by atoms with Crippen molar-refractivity contribution >= 4 is 40.9 Å². The number of nitrogens with one attached hydrogen (secondary N) is 1. The summed E-state index contributed by atoms with van der Waals surface area (Å²) in [4.78, 5) is 25.9. The monoisotopic (exact) mass is 408 g/mol. The molecule has 0 atom stereocenters. The smallest absolute Gasteiger partial charge is 0.248 e. The maximum absolute atomic E-state index is 12.3. The number of carbonyl (C=O) groups excluding carboxylic acids is 2. The number of fused-ring (bicyclic) bond motifs is 2. The summed E-state index contributed by atoms with van der Waals surface area (Å²) in [5.41, 5.74) is 4.50. The van der Waals surface area contributed by atoms with Crippen molar-refractivity contribution in [3.05, 3.63) is 70.3 Å². The Labute approximate surface area is 174 Å². The minimum Gasteiger partial charge on any atom is -0.488 e. The third kappa shape index (κ3) is 4.35. The molecular formula is C23H21ClN2O3. The lowest BCUT2D eigenvalue weighted by atomic mass is 10.0. The van der Waals surface area contributed by atoms with E-state index < -0.39 is 0 Å². The number of aryl methyl sites for hydroxylation is 1. The van der Waals surface area contributed by atoms with Gasteiger partial charge >= 0.3 is 0 Å². The van der Waals surface area contributed by atoms with Crippen molar-refractivity contribution in [2.24, 2.45) is 0 Å². The van der Waals surface area contributed by atoms with Crippen LogP contribution in [0.5, 0.6) is 5.75 Å². The molecule has 0 saturated heterocycles. The average molecular weight is 409 g/mol. The number of anilines is 2. The molecular weight excluding hydrogens is 388 g/mol. The molecule has 2 aliphatic heterocycles. The molecule has 2 aromatic carbocycles. The van der Waals surface area contributed by atoms with Gasteiger partial charge in [0, 0.05) is 41.5 Å². The van der Waals surface area contributed by atoms with Gasteiger partial charge in [-0.2, -0.15) is 0 Å². The zero-order chi connectivity index (χ0) is 20.4. The molecule has 0 aliphatic carbocycles. The van der Waals surface area contributed by atoms with Crippen molar-refractivity contribution in [3.63, 3.8) is 0 Å². The number of benzene rings is 2. The second kappa shape index (κ2) is 8.13. The number of carbonyl (C=O) groups is 2. The highest BCUT2D eigenvalue weighted by Gasteiger charge is 2.20. The molecule has 0 aromatic heterocycles. The van der Waals surface area contributed by atoms with Crippen LogP contribution >= 0.6 is 11.6 Å². The highest BCUT2D eigenvalue weighted by molar-refractivity contribution is 6.30. The maximum Gasteiger partial charge on any atom is 0.248 e. The Morgan fingerprint density at radius 1 is 1.21 bits per heavy atom. The van der Waals surface area contributed by atoms with E-state index in [1.807, 2.05) is 36.4 Å². The molecule has 0 unspecified atom stereocenters. The van der Waals surface area contributed by atoms with E-state index in [-0.39, 0.29) is 11.8 Å². The van der Waals surface area contributed by atoms with Crippen molar-refractivity contribution in [1.82, 2.24) is 0 Å². The van der Waals surface area contributed by atoms with Gasteiger partial charge in [-0.15, -0.1) is 0 Å². The Bertz CT molecular complexity index is 1040. The van der Waals surface area contributed by atoms with Crippen LogP contribution in [0.1, 0.15) is 24.5 Å². The van der Waals surface area contributed by atoms with E-state index >= 15 is 0 Å². The van der Waals surface area contributed by atoms with Gasteiger partial charge in [0.25, 0.3) is 0 Å². The fourth-order valence-electron chi connectivity index (χ4n) is 3.63. The van der Waals surface area contributed by atoms with Crippen LogP contribution in [0.4, 0.5) is 11.4 Å². The summed E-state index contributed by atoms with van der Waals surface area (Å²) in [6.07, 6.45) is 7.01. The third-order valence-electron chi connectivity index (χ3n) is 5.00. The van der Waals surface area contributed by atoms with E-state index in [0.717, 1.165) is 53.2 Å². The molecule has 0 saturated carbocycles. The normalized spacial score (nSPS) is 15.2. The summed E-state index contributed by atoms with van der Waals surface area (Å²) in [5.74, 6) is 0.600. The first-order valence-electron chi connectivity index (χ1n) is 9.52. The van der Waals surface area contributed by atoms with Crippen LogP contribution in [-0.2, 0) is 16.0 Å². The lowest BCUT2D eigenvalue weighted by Gasteiger charge is -2.28. The Kier molecular flexibility index (Phi) is 5.41. The molecule has 0 radical (unpaired) electrons. The van der Waals surface area contributed by atoms with Gasteiger partial charge in [-0.25, -0.2) is 0 Å². The summed E-state index contributed by atoms with van der Waals surface area (Å²) >= 11 is 6.03. The molecule has 6 heteroatoms. The summed E-state index contributed by atoms with van der Waals surface area (Å²) in [7, 11) is 0. The third-order valence-corrected chi connectivity index (χ3v) is 5.24. The number of hydrogen-bond donors (Lipinski definition) is 1. The molecule has 0 fully saturated rings. The molecule has 0 spiro atoms. The molecule has 4 rings (SSSR count). The minimum absolute atomic E-state index is 0.0384. The lowest BCUT2D eigenvalue weighted by molar-refractivity contribution is -0.116. The Morgan fingerprint density at radius 3 is 2.90 bits per heavy atom. The second-order valence-electron chi connectivity index (χ2n) is 7.13. The van der Waals surface area contributed by atoms with Crippen LogP contribution in [0.3, 0.4) is 0 Å². The summed E-state index contributed by atoms with van der Waals surface area (Å²) in [6, 6.07) is 11.1. The molecule has 2 aliphatic rings. The number of hydrogen-bond acceptors (Lipinski definition) is 3. The second-order valence-corrected chi connectivity index (χ2v) is 7.57. The van der Waals surface area contributed by atoms with Crippen LogP contribution in [0.15, 0.2) is 54.1 Å². The predicted molar refractivity (Wildman–Crippen MR) is 115 cm³/mol. The summed E-state index contributed by atoms with van der Waals surface area (Å²) in [5, 5.41) is 3.53. The molecule has 2 aromatic rings. The fourth-order valence-corrected chi connectivity index (χ4v) is 3.81. The van der Waals surface area contributed by atoms with Gasteiger partial charge in [0.15, 0.2) is 0 Å². The molecule has 148 valence electrons. The highest BCUT2D eigenvalue weighted by Crippen LogP contribution is 2.30. The Morgan fingerprint density at radius 2 is 2.07 bits per heavy atom. The van der Waals surface area contributed by atoms with Gasteiger partial charge < -0.3 is 15.0 Å². The van der Waals surface area contributed by atoms with E-state index in [1.54, 1.807) is 24.0 Å². The number of amides is 2. The summed E-state index contributed by atoms with van der Waals surface area (Å²) < 4.78 is 5.69. The first-order chi connectivity index (χ1) is 14.0. The van der Waals surface area contributed by atoms with E-state index in [4.69, 9.17) is 16.3 Å². The molecule has 5 nitrogen and oxygen atoms in total. The van der Waals surface area contributed by atoms with Gasteiger partial charge in [0.2, 0.25) is 11.8 Å². The van der Waals surface area contributed by atoms with Gasteiger partial charge in [0.1, 0.15) is 12.4 Å². The molecule has 0 bridgehead atoms. The summed E-state index contributed by atoms with van der Waals surface area (Å²) in [6.45, 7) is 2.71. The SMILES string of the molecule is CC(=O)N1CCCc2cc(NC(=O)C=CC3=Cc4cc(Cl)ccc4OC3)ccc21. The Balaban J connectivity index is 1.44. The quantitative estimate of drug-likeness (QED) is 0.754. The van der Waals surface area contributed by atoms with Crippen molar-refractivity contribution in [2.45, 2.75) is 19.8 Å². The van der Waals surface area contributed by atoms with Crippen LogP contribution in [-0.4, -0.2) is 25.0 Å². The van der Waals surface area contributed by atoms with E-state index in [0.29, 0.717) is 11.6 Å². The molecule has 1 N–H and O–H groups in total. The standard InChI is InChI=1S/C23H21ClN2O3/c1-15(27)26-10-2-3-17-13-20(6-7-21(17)26)25-23(28)9-4-16-11-18-12-19(24)5-8-22(18)29-14-16/h4-9,11-13H,2-3,10,14H2,1H3,(H,25,28). The molecule has 2 heterocycles. The predicted octanol–water partition coefficient (Wildman–Crippen LogP) is 4.61. The van der Waals surface area contributed by atoms with E-state index in [2.05, 4.69) is 5.32 Å². The first-order valence-corrected chi connectivity index (χ1v) is 9.90. The average Bonchev–Trinajstić information content (AvgIpc) is 2.71. The van der Waals surface area contributed by atoms with Crippen molar-refractivity contribution < 1.29 is 14.3 Å². The minimum atomic E-state index is -0.220. The zero-order valence-electron chi connectivity index (χ0n) is 16.1. The topological polar surface area (TPSA) is 58.6 Å². The van der Waals surface area contributed by atoms with E-state index in [1.165, 1.54) is 6.08 Å². The van der Waals surface area contributed by atoms with E-state index in [9.17, 15) is 9.59 Å². The number of rotatable bonds is 3. The van der Waals surface area contributed by atoms with Crippen molar-refractivity contribution in [2.75, 3.05) is 23.4 Å². The van der Waals surface area contributed by atoms with Crippen LogP contribution in [0.25, 0.3) is 6.08 Å². The van der Waals surface area contributed by atoms with Crippen LogP contribution in [0.2, 0.25) is 5.02 Å².